The van der Waals surface area contributed by atoms with Crippen molar-refractivity contribution < 1.29 is 13.9 Å². The van der Waals surface area contributed by atoms with E-state index in [0.717, 1.165) is 17.7 Å². The molecular weight excluding hydrogens is 267 g/mol. The van der Waals surface area contributed by atoms with Gasteiger partial charge >= 0.3 is 0 Å². The monoisotopic (exact) mass is 284 g/mol. The van der Waals surface area contributed by atoms with Gasteiger partial charge in [0.2, 0.25) is 0 Å². The summed E-state index contributed by atoms with van der Waals surface area (Å²) < 4.78 is 19.2. The fourth-order valence-electron chi connectivity index (χ4n) is 2.74. The Hall–Kier alpha value is -2.16. The van der Waals surface area contributed by atoms with Crippen LogP contribution in [0.5, 0.6) is 5.75 Å². The largest absolute Gasteiger partial charge is 0.493 e. The lowest BCUT2D eigenvalue weighted by Crippen LogP contribution is -2.17. The van der Waals surface area contributed by atoms with Gasteiger partial charge in [-0.25, -0.2) is 4.39 Å². The molecule has 0 saturated carbocycles. The average molecular weight is 284 g/mol. The number of Topliss-reactive ketones (excluding diaryl/α,β-unsaturated/α-hetero) is 1. The Balaban J connectivity index is 1.81. The lowest BCUT2D eigenvalue weighted by atomic mass is 9.87. The predicted octanol–water partition coefficient (Wildman–Crippen LogP) is 4.27. The highest BCUT2D eigenvalue weighted by Gasteiger charge is 2.24. The van der Waals surface area contributed by atoms with Crippen LogP contribution in [0.2, 0.25) is 0 Å². The summed E-state index contributed by atoms with van der Waals surface area (Å²) in [4.78, 5) is 12.4. The van der Waals surface area contributed by atoms with Crippen LogP contribution in [0.1, 0.15) is 40.2 Å². The van der Waals surface area contributed by atoms with Gasteiger partial charge < -0.3 is 4.74 Å². The lowest BCUT2D eigenvalue weighted by Gasteiger charge is -2.25. The molecule has 3 rings (SSSR count). The molecule has 2 aromatic rings. The third-order valence-electron chi connectivity index (χ3n) is 4.01. The quantitative estimate of drug-likeness (QED) is 0.787. The molecule has 1 atom stereocenters. The number of hydrogen-bond acceptors (Lipinski definition) is 2. The molecule has 0 fully saturated rings. The van der Waals surface area contributed by atoms with Gasteiger partial charge in [-0.2, -0.15) is 0 Å². The summed E-state index contributed by atoms with van der Waals surface area (Å²) in [6.45, 7) is 2.32. The molecule has 0 bridgehead atoms. The minimum absolute atomic E-state index is 0.0180. The maximum atomic E-state index is 13.6. The SMILES string of the molecule is Cc1ccc(C(=O)CC2CCOc3ccccc32)cc1F. The molecule has 0 aromatic heterocycles. The number of fused-ring (bicyclic) bond motifs is 1. The van der Waals surface area contributed by atoms with Crippen LogP contribution in [0.4, 0.5) is 4.39 Å². The Kier molecular flexibility index (Phi) is 3.74. The van der Waals surface area contributed by atoms with Crippen LogP contribution in [0.15, 0.2) is 42.5 Å². The van der Waals surface area contributed by atoms with Gasteiger partial charge in [0, 0.05) is 12.0 Å². The van der Waals surface area contributed by atoms with Crippen LogP contribution in [0, 0.1) is 12.7 Å². The normalized spacial score (nSPS) is 17.0. The van der Waals surface area contributed by atoms with Crippen molar-refractivity contribution in [1.29, 1.82) is 0 Å². The Morgan fingerprint density at radius 1 is 1.29 bits per heavy atom. The molecule has 1 unspecified atom stereocenters. The highest BCUT2D eigenvalue weighted by Crippen LogP contribution is 2.36. The van der Waals surface area contributed by atoms with E-state index >= 15 is 0 Å². The van der Waals surface area contributed by atoms with Gasteiger partial charge in [-0.15, -0.1) is 0 Å². The predicted molar refractivity (Wildman–Crippen MR) is 79.4 cm³/mol. The molecule has 0 aliphatic carbocycles. The molecule has 0 amide bonds. The highest BCUT2D eigenvalue weighted by molar-refractivity contribution is 5.96. The molecule has 2 nitrogen and oxygen atoms in total. The summed E-state index contributed by atoms with van der Waals surface area (Å²) in [5, 5.41) is 0. The first-order valence-electron chi connectivity index (χ1n) is 7.16. The van der Waals surface area contributed by atoms with E-state index in [2.05, 4.69) is 0 Å². The molecular formula is C18H17FO2. The summed E-state index contributed by atoms with van der Waals surface area (Å²) in [6, 6.07) is 12.5. The van der Waals surface area contributed by atoms with Gasteiger partial charge in [-0.3, -0.25) is 4.79 Å². The Bertz CT molecular complexity index is 679. The van der Waals surface area contributed by atoms with Crippen molar-refractivity contribution in [2.24, 2.45) is 0 Å². The number of para-hydroxylation sites is 1. The Labute approximate surface area is 123 Å². The minimum Gasteiger partial charge on any atom is -0.493 e. The molecule has 1 aliphatic heterocycles. The second kappa shape index (κ2) is 5.68. The first-order valence-corrected chi connectivity index (χ1v) is 7.16. The number of rotatable bonds is 3. The summed E-state index contributed by atoms with van der Waals surface area (Å²) in [7, 11) is 0. The van der Waals surface area contributed by atoms with E-state index in [1.165, 1.54) is 6.07 Å². The van der Waals surface area contributed by atoms with Gasteiger partial charge in [0.1, 0.15) is 11.6 Å². The number of halogens is 1. The summed E-state index contributed by atoms with van der Waals surface area (Å²) >= 11 is 0. The second-order valence-electron chi connectivity index (χ2n) is 5.46. The van der Waals surface area contributed by atoms with Crippen molar-refractivity contribution in [3.05, 3.63) is 65.0 Å². The molecule has 1 aliphatic rings. The third-order valence-corrected chi connectivity index (χ3v) is 4.01. The number of ether oxygens (including phenoxy) is 1. The number of carbonyl (C=O) groups excluding carboxylic acids is 1. The molecule has 21 heavy (non-hydrogen) atoms. The minimum atomic E-state index is -0.326. The smallest absolute Gasteiger partial charge is 0.163 e. The topological polar surface area (TPSA) is 26.3 Å². The Morgan fingerprint density at radius 2 is 2.10 bits per heavy atom. The van der Waals surface area contributed by atoms with Gasteiger partial charge in [-0.05, 0) is 42.5 Å². The first kappa shape index (κ1) is 13.8. The maximum Gasteiger partial charge on any atom is 0.163 e. The van der Waals surface area contributed by atoms with Crippen molar-refractivity contribution >= 4 is 5.78 Å². The number of aryl methyl sites for hydroxylation is 1. The molecule has 1 heterocycles. The van der Waals surface area contributed by atoms with E-state index in [1.807, 2.05) is 24.3 Å². The fourth-order valence-corrected chi connectivity index (χ4v) is 2.74. The van der Waals surface area contributed by atoms with E-state index in [1.54, 1.807) is 19.1 Å². The standard InChI is InChI=1S/C18H17FO2/c1-12-6-7-14(10-16(12)19)17(20)11-13-8-9-21-18-5-3-2-4-15(13)18/h2-7,10,13H,8-9,11H2,1H3. The zero-order valence-corrected chi connectivity index (χ0v) is 11.9. The second-order valence-corrected chi connectivity index (χ2v) is 5.46. The molecule has 0 radical (unpaired) electrons. The molecule has 2 aromatic carbocycles. The summed E-state index contributed by atoms with van der Waals surface area (Å²) in [5.74, 6) is 0.660. The highest BCUT2D eigenvalue weighted by atomic mass is 19.1. The van der Waals surface area contributed by atoms with Crippen LogP contribution in [0.3, 0.4) is 0 Å². The van der Waals surface area contributed by atoms with Crippen LogP contribution >= 0.6 is 0 Å². The number of benzene rings is 2. The fraction of sp³-hybridized carbons (Fsp3) is 0.278. The molecule has 0 spiro atoms. The van der Waals surface area contributed by atoms with Crippen molar-refractivity contribution in [1.82, 2.24) is 0 Å². The summed E-state index contributed by atoms with van der Waals surface area (Å²) in [5.41, 5.74) is 2.08. The van der Waals surface area contributed by atoms with E-state index in [4.69, 9.17) is 4.74 Å². The van der Waals surface area contributed by atoms with Crippen molar-refractivity contribution in [3.63, 3.8) is 0 Å². The number of ketones is 1. The molecule has 108 valence electrons. The zero-order valence-electron chi connectivity index (χ0n) is 11.9. The third kappa shape index (κ3) is 2.82. The van der Waals surface area contributed by atoms with Crippen LogP contribution in [-0.2, 0) is 0 Å². The summed E-state index contributed by atoms with van der Waals surface area (Å²) in [6.07, 6.45) is 1.21. The molecule has 0 N–H and O–H groups in total. The van der Waals surface area contributed by atoms with Crippen LogP contribution in [-0.4, -0.2) is 12.4 Å². The van der Waals surface area contributed by atoms with Crippen LogP contribution in [0.25, 0.3) is 0 Å². The van der Waals surface area contributed by atoms with E-state index in [9.17, 15) is 9.18 Å². The van der Waals surface area contributed by atoms with Gasteiger partial charge in [0.25, 0.3) is 0 Å². The van der Waals surface area contributed by atoms with E-state index in [0.29, 0.717) is 24.2 Å². The maximum absolute atomic E-state index is 13.6. The van der Waals surface area contributed by atoms with Crippen molar-refractivity contribution in [2.45, 2.75) is 25.7 Å². The first-order chi connectivity index (χ1) is 10.1. The number of carbonyl (C=O) groups is 1. The van der Waals surface area contributed by atoms with Crippen molar-refractivity contribution in [2.75, 3.05) is 6.61 Å². The van der Waals surface area contributed by atoms with E-state index < -0.39 is 0 Å². The number of hydrogen-bond donors (Lipinski definition) is 0. The van der Waals surface area contributed by atoms with Gasteiger partial charge in [0.15, 0.2) is 5.78 Å². The Morgan fingerprint density at radius 3 is 2.90 bits per heavy atom. The average Bonchev–Trinajstić information content (AvgIpc) is 2.50. The van der Waals surface area contributed by atoms with E-state index in [-0.39, 0.29) is 17.5 Å². The molecule has 3 heteroatoms. The van der Waals surface area contributed by atoms with Crippen molar-refractivity contribution in [3.8, 4) is 5.75 Å². The van der Waals surface area contributed by atoms with Gasteiger partial charge in [-0.1, -0.05) is 30.3 Å². The lowest BCUT2D eigenvalue weighted by molar-refractivity contribution is 0.0965. The van der Waals surface area contributed by atoms with Crippen LogP contribution < -0.4 is 4.74 Å². The van der Waals surface area contributed by atoms with Gasteiger partial charge in [0.05, 0.1) is 6.61 Å². The molecule has 0 saturated heterocycles. The zero-order chi connectivity index (χ0) is 14.8.